The van der Waals surface area contributed by atoms with Gasteiger partial charge in [0.25, 0.3) is 0 Å². The summed E-state index contributed by atoms with van der Waals surface area (Å²) in [7, 11) is 0. The SMILES string of the molecule is C/C=C/CC(O)CN(CCC(=O)[O-])CCN(CCC(=O)[O-])CCC(=O)[O-].[K+].[K+].[K+]. The molecule has 1 atom stereocenters. The van der Waals surface area contributed by atoms with Crippen LogP contribution in [0, 0.1) is 0 Å². The first-order valence-electron chi connectivity index (χ1n) is 8.58. The van der Waals surface area contributed by atoms with Crippen LogP contribution >= 0.6 is 0 Å². The van der Waals surface area contributed by atoms with E-state index in [1.165, 1.54) is 0 Å². The molecule has 0 amide bonds. The molecular formula is C17H27K3N2O7. The van der Waals surface area contributed by atoms with Crippen molar-refractivity contribution >= 4 is 17.9 Å². The van der Waals surface area contributed by atoms with E-state index in [1.54, 1.807) is 22.0 Å². The van der Waals surface area contributed by atoms with Gasteiger partial charge >= 0.3 is 154 Å². The molecule has 0 aromatic rings. The fourth-order valence-corrected chi connectivity index (χ4v) is 2.33. The molecule has 0 aliphatic heterocycles. The number of carbonyl (C=O) groups excluding carboxylic acids is 3. The Kier molecular flexibility index (Phi) is 34.5. The van der Waals surface area contributed by atoms with Crippen molar-refractivity contribution in [2.75, 3.05) is 39.3 Å². The maximum absolute atomic E-state index is 10.7. The fraction of sp³-hybridized carbons (Fsp3) is 0.706. The van der Waals surface area contributed by atoms with Gasteiger partial charge in [-0.2, -0.15) is 0 Å². The molecule has 9 nitrogen and oxygen atoms in total. The van der Waals surface area contributed by atoms with E-state index in [0.29, 0.717) is 19.5 Å². The van der Waals surface area contributed by atoms with Crippen LogP contribution in [0.1, 0.15) is 32.6 Å². The molecule has 0 saturated carbocycles. The standard InChI is InChI=1S/C17H30N2O7.3K/c1-2-3-4-14(20)13-19(10-7-17(25)26)12-11-18(8-5-15(21)22)9-6-16(23)24;;;/h2-3,14,20H,4-13H2,1H3,(H,21,22)(H,23,24)(H,25,26);;;/q;3*+1/p-3/b3-2+;;;. The number of aliphatic carboxylic acids is 3. The van der Waals surface area contributed by atoms with Gasteiger partial charge in [0.05, 0.1) is 6.10 Å². The molecule has 0 aliphatic carbocycles. The van der Waals surface area contributed by atoms with Crippen LogP contribution in [0.2, 0.25) is 0 Å². The maximum Gasteiger partial charge on any atom is 1.00 e. The fourth-order valence-electron chi connectivity index (χ4n) is 2.33. The van der Waals surface area contributed by atoms with Crippen LogP contribution in [-0.4, -0.2) is 78.2 Å². The average molecular weight is 489 g/mol. The Morgan fingerprint density at radius 2 is 1.17 bits per heavy atom. The van der Waals surface area contributed by atoms with Crippen LogP contribution in [0.25, 0.3) is 0 Å². The second-order valence-corrected chi connectivity index (χ2v) is 5.97. The van der Waals surface area contributed by atoms with Gasteiger partial charge in [-0.15, -0.1) is 0 Å². The first kappa shape index (κ1) is 39.2. The van der Waals surface area contributed by atoms with Crippen molar-refractivity contribution in [3.05, 3.63) is 12.2 Å². The molecule has 0 aromatic heterocycles. The molecule has 150 valence electrons. The Morgan fingerprint density at radius 3 is 1.55 bits per heavy atom. The average Bonchev–Trinajstić information content (AvgIpc) is 2.56. The summed E-state index contributed by atoms with van der Waals surface area (Å²) in [4.78, 5) is 35.3. The van der Waals surface area contributed by atoms with Crippen molar-refractivity contribution in [1.29, 1.82) is 0 Å². The molecule has 0 saturated heterocycles. The molecule has 12 heteroatoms. The van der Waals surface area contributed by atoms with Gasteiger partial charge in [-0.3, -0.25) is 4.90 Å². The summed E-state index contributed by atoms with van der Waals surface area (Å²) < 4.78 is 0. The van der Waals surface area contributed by atoms with Crippen LogP contribution in [0.4, 0.5) is 0 Å². The second-order valence-electron chi connectivity index (χ2n) is 5.97. The number of aliphatic hydroxyl groups is 1. The monoisotopic (exact) mass is 488 g/mol. The van der Waals surface area contributed by atoms with E-state index >= 15 is 0 Å². The molecule has 0 spiro atoms. The van der Waals surface area contributed by atoms with E-state index in [2.05, 4.69) is 0 Å². The van der Waals surface area contributed by atoms with Gasteiger partial charge in [0.1, 0.15) is 0 Å². The molecule has 29 heavy (non-hydrogen) atoms. The molecule has 0 aromatic carbocycles. The van der Waals surface area contributed by atoms with E-state index in [9.17, 15) is 34.8 Å². The van der Waals surface area contributed by atoms with Crippen LogP contribution < -0.4 is 169 Å². The van der Waals surface area contributed by atoms with E-state index in [4.69, 9.17) is 0 Å². The summed E-state index contributed by atoms with van der Waals surface area (Å²) in [5.41, 5.74) is 0. The van der Waals surface area contributed by atoms with E-state index in [-0.39, 0.29) is 200 Å². The Bertz CT molecular complexity index is 464. The number of aliphatic hydroxyl groups excluding tert-OH is 1. The number of carbonyl (C=O) groups is 3. The molecule has 0 heterocycles. The van der Waals surface area contributed by atoms with Gasteiger partial charge in [0, 0.05) is 57.2 Å². The van der Waals surface area contributed by atoms with Crippen molar-refractivity contribution in [3.63, 3.8) is 0 Å². The Balaban J connectivity index is -0.00000104. The van der Waals surface area contributed by atoms with Crippen molar-refractivity contribution in [1.82, 2.24) is 9.80 Å². The number of carboxylic acids is 3. The summed E-state index contributed by atoms with van der Waals surface area (Å²) in [5.74, 6) is -3.68. The molecule has 0 radical (unpaired) electrons. The van der Waals surface area contributed by atoms with Gasteiger partial charge in [0.15, 0.2) is 0 Å². The Labute approximate surface area is 300 Å². The summed E-state index contributed by atoms with van der Waals surface area (Å²) >= 11 is 0. The van der Waals surface area contributed by atoms with Crippen LogP contribution in [-0.2, 0) is 14.4 Å². The minimum Gasteiger partial charge on any atom is -0.550 e. The van der Waals surface area contributed by atoms with Crippen molar-refractivity contribution in [3.8, 4) is 0 Å². The Hall–Kier alpha value is 2.94. The van der Waals surface area contributed by atoms with Gasteiger partial charge in [-0.1, -0.05) is 12.2 Å². The number of hydrogen-bond acceptors (Lipinski definition) is 9. The summed E-state index contributed by atoms with van der Waals surface area (Å²) in [6.45, 7) is 3.14. The van der Waals surface area contributed by atoms with Crippen LogP contribution in [0.3, 0.4) is 0 Å². The van der Waals surface area contributed by atoms with Crippen LogP contribution in [0.5, 0.6) is 0 Å². The molecule has 0 bridgehead atoms. The van der Waals surface area contributed by atoms with Gasteiger partial charge in [-0.25, -0.2) is 0 Å². The largest absolute Gasteiger partial charge is 1.00 e. The molecule has 0 fully saturated rings. The zero-order valence-corrected chi connectivity index (χ0v) is 27.5. The minimum absolute atomic E-state index is 0. The Morgan fingerprint density at radius 1 is 0.793 bits per heavy atom. The zero-order valence-electron chi connectivity index (χ0n) is 18.1. The number of hydrogen-bond donors (Lipinski definition) is 1. The van der Waals surface area contributed by atoms with Gasteiger partial charge in [0.2, 0.25) is 0 Å². The molecule has 0 rings (SSSR count). The third-order valence-electron chi connectivity index (χ3n) is 3.74. The van der Waals surface area contributed by atoms with E-state index in [0.717, 1.165) is 0 Å². The number of rotatable bonds is 16. The first-order valence-corrected chi connectivity index (χ1v) is 8.58. The topological polar surface area (TPSA) is 147 Å². The third kappa shape index (κ3) is 27.1. The molecule has 0 aliphatic rings. The predicted octanol–water partition coefficient (Wildman–Crippen LogP) is -12.7. The van der Waals surface area contributed by atoms with Gasteiger partial charge < -0.3 is 39.7 Å². The smallest absolute Gasteiger partial charge is 0.550 e. The minimum atomic E-state index is -1.24. The van der Waals surface area contributed by atoms with Gasteiger partial charge in [-0.05, 0) is 32.6 Å². The summed E-state index contributed by atoms with van der Waals surface area (Å²) in [6.07, 6.45) is 2.68. The van der Waals surface area contributed by atoms with E-state index < -0.39 is 24.0 Å². The molecule has 1 unspecified atom stereocenters. The van der Waals surface area contributed by atoms with Crippen molar-refractivity contribution in [2.24, 2.45) is 0 Å². The summed E-state index contributed by atoms with van der Waals surface area (Å²) in [6, 6.07) is 0. The molecular weight excluding hydrogens is 461 g/mol. The zero-order chi connectivity index (χ0) is 19.9. The summed E-state index contributed by atoms with van der Waals surface area (Å²) in [5, 5.41) is 41.9. The van der Waals surface area contributed by atoms with Crippen LogP contribution in [0.15, 0.2) is 12.2 Å². The number of nitrogens with zero attached hydrogens (tertiary/aromatic N) is 2. The van der Waals surface area contributed by atoms with E-state index in [1.807, 2.05) is 6.92 Å². The first-order chi connectivity index (χ1) is 12.2. The van der Waals surface area contributed by atoms with Crippen molar-refractivity contribution in [2.45, 2.75) is 38.7 Å². The quantitative estimate of drug-likeness (QED) is 0.165. The second kappa shape index (κ2) is 25.6. The number of allylic oxidation sites excluding steroid dienone is 1. The molecule has 1 N–H and O–H groups in total. The third-order valence-corrected chi connectivity index (χ3v) is 3.74. The number of carboxylic acid groups (broad SMARTS) is 3. The predicted molar refractivity (Wildman–Crippen MR) is 87.2 cm³/mol. The maximum atomic E-state index is 10.7. The normalized spacial score (nSPS) is 11.4. The van der Waals surface area contributed by atoms with Crippen molar-refractivity contribution < 1.29 is 189 Å².